The van der Waals surface area contributed by atoms with Crippen LogP contribution in [0, 0.1) is 0 Å². The van der Waals surface area contributed by atoms with Crippen LogP contribution in [0.3, 0.4) is 0 Å². The molecule has 0 bridgehead atoms. The summed E-state index contributed by atoms with van der Waals surface area (Å²) in [5, 5.41) is 9.34. The molecule has 0 unspecified atom stereocenters. The lowest BCUT2D eigenvalue weighted by atomic mass is 10.1. The van der Waals surface area contributed by atoms with E-state index in [1.807, 2.05) is 0 Å². The van der Waals surface area contributed by atoms with Gasteiger partial charge in [0.25, 0.3) is 0 Å². The monoisotopic (exact) mass is 946 g/mol. The Morgan fingerprint density at radius 3 is 0.687 bits per heavy atom. The van der Waals surface area contributed by atoms with Crippen LogP contribution in [0.2, 0.25) is 0 Å². The van der Waals surface area contributed by atoms with Crippen molar-refractivity contribution in [2.24, 2.45) is 0 Å². The molecular formula is C61H123N3O3. The standard InChI is InChI=1S/C61H123N3O3/c1-5-9-13-17-21-25-35-45-55-63(60(66)50-40-31-23-19-15-11-7-3)57-47-37-29-27-33-42-52-62(54-44-39-49-59-65)53-43-34-28-30-38-48-58-64(56-46-36-26-22-18-14-10-6-2)61(67)51-41-32-24-20-16-12-8-4/h65H,5-59H2,1-4H3. The third-order valence-electron chi connectivity index (χ3n) is 14.7. The first-order valence-corrected chi connectivity index (χ1v) is 30.9. The molecular weight excluding hydrogens is 823 g/mol. The van der Waals surface area contributed by atoms with Gasteiger partial charge in [0.1, 0.15) is 0 Å². The van der Waals surface area contributed by atoms with E-state index in [1.165, 1.54) is 270 Å². The highest BCUT2D eigenvalue weighted by Crippen LogP contribution is 2.17. The molecule has 0 fully saturated rings. The number of nitrogens with zero attached hydrogens (tertiary/aromatic N) is 3. The quantitative estimate of drug-likeness (QED) is 0.0617. The van der Waals surface area contributed by atoms with Crippen LogP contribution in [-0.4, -0.2) is 84.0 Å². The van der Waals surface area contributed by atoms with Gasteiger partial charge in [0.2, 0.25) is 11.8 Å². The number of carbonyl (C=O) groups excluding carboxylic acids is 2. The van der Waals surface area contributed by atoms with Crippen LogP contribution in [0.25, 0.3) is 0 Å². The molecule has 0 aromatic rings. The van der Waals surface area contributed by atoms with Gasteiger partial charge in [-0.15, -0.1) is 0 Å². The topological polar surface area (TPSA) is 64.1 Å². The highest BCUT2D eigenvalue weighted by molar-refractivity contribution is 5.76. The number of aliphatic hydroxyl groups excluding tert-OH is 1. The van der Waals surface area contributed by atoms with Crippen molar-refractivity contribution in [3.05, 3.63) is 0 Å². The minimum atomic E-state index is 0.314. The molecule has 6 heteroatoms. The molecule has 0 aliphatic rings. The SMILES string of the molecule is CCCCCCCCCCN(CCCCCCCCN(CCCCCO)CCCCCCCCN(CCCCCCCCCC)C(=O)CCCCCCCCC)C(=O)CCCCCCCCC. The van der Waals surface area contributed by atoms with E-state index in [1.54, 1.807) is 0 Å². The number of hydrogen-bond donors (Lipinski definition) is 1. The summed E-state index contributed by atoms with van der Waals surface area (Å²) < 4.78 is 0. The Bertz CT molecular complexity index is 907. The van der Waals surface area contributed by atoms with Gasteiger partial charge in [0, 0.05) is 45.6 Å². The molecule has 0 spiro atoms. The van der Waals surface area contributed by atoms with Crippen molar-refractivity contribution in [3.8, 4) is 0 Å². The van der Waals surface area contributed by atoms with Crippen molar-refractivity contribution >= 4 is 11.8 Å². The van der Waals surface area contributed by atoms with Gasteiger partial charge in [-0.2, -0.15) is 0 Å². The Morgan fingerprint density at radius 2 is 0.448 bits per heavy atom. The highest BCUT2D eigenvalue weighted by atomic mass is 16.3. The van der Waals surface area contributed by atoms with E-state index < -0.39 is 0 Å². The number of hydrogen-bond acceptors (Lipinski definition) is 4. The summed E-state index contributed by atoms with van der Waals surface area (Å²) in [6.07, 6.45) is 58.9. The molecule has 67 heavy (non-hydrogen) atoms. The van der Waals surface area contributed by atoms with Crippen molar-refractivity contribution in [1.82, 2.24) is 14.7 Å². The fourth-order valence-electron chi connectivity index (χ4n) is 10.0. The molecule has 1 N–H and O–H groups in total. The minimum absolute atomic E-state index is 0.314. The van der Waals surface area contributed by atoms with Gasteiger partial charge in [-0.1, -0.05) is 246 Å². The van der Waals surface area contributed by atoms with Crippen molar-refractivity contribution in [3.63, 3.8) is 0 Å². The Hall–Kier alpha value is -1.14. The molecule has 0 heterocycles. The van der Waals surface area contributed by atoms with E-state index in [2.05, 4.69) is 42.4 Å². The summed E-state index contributed by atoms with van der Waals surface area (Å²) in [5.41, 5.74) is 0. The summed E-state index contributed by atoms with van der Waals surface area (Å²) in [6, 6.07) is 0. The maximum absolute atomic E-state index is 13.3. The van der Waals surface area contributed by atoms with E-state index in [0.717, 1.165) is 77.5 Å². The van der Waals surface area contributed by atoms with Crippen molar-refractivity contribution in [1.29, 1.82) is 0 Å². The average Bonchev–Trinajstić information content (AvgIpc) is 3.33. The molecule has 6 nitrogen and oxygen atoms in total. The molecule has 0 rings (SSSR count). The second-order valence-corrected chi connectivity index (χ2v) is 21.3. The Balaban J connectivity index is 4.58. The van der Waals surface area contributed by atoms with Gasteiger partial charge < -0.3 is 19.8 Å². The smallest absolute Gasteiger partial charge is 0.222 e. The summed E-state index contributed by atoms with van der Waals surface area (Å²) in [7, 11) is 0. The van der Waals surface area contributed by atoms with Gasteiger partial charge >= 0.3 is 0 Å². The Kier molecular flexibility index (Phi) is 54.8. The van der Waals surface area contributed by atoms with E-state index in [9.17, 15) is 14.7 Å². The fourth-order valence-corrected chi connectivity index (χ4v) is 10.0. The van der Waals surface area contributed by atoms with Crippen molar-refractivity contribution in [2.45, 2.75) is 329 Å². The molecule has 0 aromatic carbocycles. The van der Waals surface area contributed by atoms with Crippen LogP contribution in [-0.2, 0) is 9.59 Å². The number of rotatable bonds is 57. The Morgan fingerprint density at radius 1 is 0.254 bits per heavy atom. The van der Waals surface area contributed by atoms with Gasteiger partial charge in [-0.05, 0) is 90.3 Å². The lowest BCUT2D eigenvalue weighted by Gasteiger charge is -2.23. The molecule has 0 saturated heterocycles. The van der Waals surface area contributed by atoms with Crippen LogP contribution in [0.1, 0.15) is 329 Å². The first-order chi connectivity index (χ1) is 33.0. The van der Waals surface area contributed by atoms with E-state index in [-0.39, 0.29) is 0 Å². The summed E-state index contributed by atoms with van der Waals surface area (Å²) >= 11 is 0. The van der Waals surface area contributed by atoms with Gasteiger partial charge in [0.05, 0.1) is 0 Å². The lowest BCUT2D eigenvalue weighted by molar-refractivity contribution is -0.132. The molecule has 0 radical (unpaired) electrons. The first-order valence-electron chi connectivity index (χ1n) is 30.9. The third-order valence-corrected chi connectivity index (χ3v) is 14.7. The molecule has 0 aliphatic heterocycles. The maximum atomic E-state index is 13.3. The van der Waals surface area contributed by atoms with E-state index in [0.29, 0.717) is 18.4 Å². The zero-order chi connectivity index (χ0) is 48.8. The lowest BCUT2D eigenvalue weighted by Crippen LogP contribution is -2.32. The number of unbranched alkanes of at least 4 members (excludes halogenated alkanes) is 38. The highest BCUT2D eigenvalue weighted by Gasteiger charge is 2.14. The van der Waals surface area contributed by atoms with Crippen molar-refractivity contribution < 1.29 is 14.7 Å². The maximum Gasteiger partial charge on any atom is 0.222 e. The summed E-state index contributed by atoms with van der Waals surface area (Å²) in [6.45, 7) is 16.9. The fraction of sp³-hybridized carbons (Fsp3) is 0.967. The second-order valence-electron chi connectivity index (χ2n) is 21.3. The van der Waals surface area contributed by atoms with Crippen LogP contribution in [0.4, 0.5) is 0 Å². The molecule has 400 valence electrons. The molecule has 2 amide bonds. The van der Waals surface area contributed by atoms with Crippen LogP contribution in [0.15, 0.2) is 0 Å². The zero-order valence-electron chi connectivity index (χ0n) is 46.5. The molecule has 0 aromatic heterocycles. The van der Waals surface area contributed by atoms with E-state index >= 15 is 0 Å². The number of carbonyl (C=O) groups is 2. The predicted octanol–water partition coefficient (Wildman–Crippen LogP) is 18.4. The Labute approximate surface area is 421 Å². The zero-order valence-corrected chi connectivity index (χ0v) is 46.5. The number of aliphatic hydroxyl groups is 1. The normalized spacial score (nSPS) is 11.6. The van der Waals surface area contributed by atoms with Gasteiger partial charge in [-0.3, -0.25) is 9.59 Å². The first kappa shape index (κ1) is 65.9. The van der Waals surface area contributed by atoms with Crippen LogP contribution in [0.5, 0.6) is 0 Å². The van der Waals surface area contributed by atoms with E-state index in [4.69, 9.17) is 0 Å². The van der Waals surface area contributed by atoms with Crippen LogP contribution >= 0.6 is 0 Å². The summed E-state index contributed by atoms with van der Waals surface area (Å²) in [5.74, 6) is 0.840. The molecule has 0 saturated carbocycles. The number of amides is 2. The average molecular weight is 947 g/mol. The third kappa shape index (κ3) is 48.3. The largest absolute Gasteiger partial charge is 0.396 e. The second kappa shape index (κ2) is 55.8. The van der Waals surface area contributed by atoms with Crippen LogP contribution < -0.4 is 0 Å². The van der Waals surface area contributed by atoms with Crippen molar-refractivity contribution in [2.75, 3.05) is 52.4 Å². The molecule has 0 atom stereocenters. The minimum Gasteiger partial charge on any atom is -0.396 e. The summed E-state index contributed by atoms with van der Waals surface area (Å²) in [4.78, 5) is 33.9. The van der Waals surface area contributed by atoms with Gasteiger partial charge in [-0.25, -0.2) is 0 Å². The van der Waals surface area contributed by atoms with Gasteiger partial charge in [0.15, 0.2) is 0 Å². The predicted molar refractivity (Wildman–Crippen MR) is 296 cm³/mol. The molecule has 0 aliphatic carbocycles.